The Kier molecular flexibility index (Phi) is 3.30. The van der Waals surface area contributed by atoms with Gasteiger partial charge in [-0.05, 0) is 49.1 Å². The van der Waals surface area contributed by atoms with E-state index in [1.807, 2.05) is 20.8 Å². The Morgan fingerprint density at radius 2 is 2.22 bits per heavy atom. The molecule has 0 bridgehead atoms. The van der Waals surface area contributed by atoms with Gasteiger partial charge in [-0.15, -0.1) is 10.2 Å². The van der Waals surface area contributed by atoms with Gasteiger partial charge in [0.25, 0.3) is 0 Å². The van der Waals surface area contributed by atoms with E-state index >= 15 is 0 Å². The highest BCUT2D eigenvalue weighted by molar-refractivity contribution is 8.00. The van der Waals surface area contributed by atoms with Crippen LogP contribution in [0.25, 0.3) is 0 Å². The van der Waals surface area contributed by atoms with Crippen LogP contribution in [0.2, 0.25) is 0 Å². The number of thiazole rings is 1. The van der Waals surface area contributed by atoms with Crippen LogP contribution in [0.1, 0.15) is 20.8 Å². The number of tetrazole rings is 1. The van der Waals surface area contributed by atoms with E-state index in [9.17, 15) is 10.1 Å². The van der Waals surface area contributed by atoms with Crippen molar-refractivity contribution in [2.45, 2.75) is 35.8 Å². The summed E-state index contributed by atoms with van der Waals surface area (Å²) in [6.07, 6.45) is 1.22. The lowest BCUT2D eigenvalue weighted by Crippen LogP contribution is -2.24. The van der Waals surface area contributed by atoms with Gasteiger partial charge in [0.2, 0.25) is 5.16 Å². The van der Waals surface area contributed by atoms with E-state index < -0.39 is 4.92 Å². The number of nitro groups is 1. The Morgan fingerprint density at radius 3 is 2.72 bits per heavy atom. The number of hydrogen-bond acceptors (Lipinski definition) is 8. The van der Waals surface area contributed by atoms with E-state index in [1.54, 1.807) is 0 Å². The fourth-order valence-corrected chi connectivity index (χ4v) is 2.55. The molecule has 0 N–H and O–H groups in total. The minimum absolute atomic E-state index is 0.000660. The third-order valence-electron chi connectivity index (χ3n) is 1.83. The molecule has 0 atom stereocenters. The predicted octanol–water partition coefficient (Wildman–Crippen LogP) is 1.94. The quantitative estimate of drug-likeness (QED) is 0.627. The first-order valence-electron chi connectivity index (χ1n) is 4.95. The van der Waals surface area contributed by atoms with Crippen LogP contribution in [-0.2, 0) is 5.54 Å². The summed E-state index contributed by atoms with van der Waals surface area (Å²) in [7, 11) is 0. The lowest BCUT2D eigenvalue weighted by molar-refractivity contribution is -0.380. The van der Waals surface area contributed by atoms with E-state index in [0.29, 0.717) is 9.50 Å². The highest BCUT2D eigenvalue weighted by Crippen LogP contribution is 2.32. The summed E-state index contributed by atoms with van der Waals surface area (Å²) in [6.45, 7) is 5.87. The summed E-state index contributed by atoms with van der Waals surface area (Å²) in [5.74, 6) is 0. The zero-order valence-corrected chi connectivity index (χ0v) is 11.5. The highest BCUT2D eigenvalue weighted by atomic mass is 32.2. The van der Waals surface area contributed by atoms with Crippen molar-refractivity contribution >= 4 is 28.1 Å². The van der Waals surface area contributed by atoms with Gasteiger partial charge in [0, 0.05) is 0 Å². The smallest absolute Gasteiger partial charge is 0.257 e. The average molecular weight is 286 g/mol. The van der Waals surface area contributed by atoms with Crippen LogP contribution in [0.15, 0.2) is 15.7 Å². The Labute approximate surface area is 111 Å². The molecule has 0 radical (unpaired) electrons. The molecule has 0 fully saturated rings. The molecule has 18 heavy (non-hydrogen) atoms. The number of rotatable bonds is 3. The van der Waals surface area contributed by atoms with Gasteiger partial charge in [-0.25, -0.2) is 4.98 Å². The summed E-state index contributed by atoms with van der Waals surface area (Å²) < 4.78 is 0.523. The second-order valence-corrected chi connectivity index (χ2v) is 6.58. The topological polar surface area (TPSA) is 99.6 Å². The van der Waals surface area contributed by atoms with Crippen LogP contribution in [0.3, 0.4) is 0 Å². The molecule has 0 saturated carbocycles. The maximum atomic E-state index is 10.5. The zero-order valence-electron chi connectivity index (χ0n) is 9.89. The van der Waals surface area contributed by atoms with E-state index in [4.69, 9.17) is 0 Å². The van der Waals surface area contributed by atoms with Crippen LogP contribution in [0.5, 0.6) is 0 Å². The molecule has 2 aromatic heterocycles. The molecule has 10 heteroatoms. The first-order valence-corrected chi connectivity index (χ1v) is 6.58. The third kappa shape index (κ3) is 2.82. The first-order chi connectivity index (χ1) is 8.36. The van der Waals surface area contributed by atoms with Crippen molar-refractivity contribution in [2.24, 2.45) is 0 Å². The van der Waals surface area contributed by atoms with Crippen molar-refractivity contribution in [3.05, 3.63) is 16.3 Å². The average Bonchev–Trinajstić information content (AvgIpc) is 2.85. The summed E-state index contributed by atoms with van der Waals surface area (Å²) in [5.41, 5.74) is -0.249. The van der Waals surface area contributed by atoms with Crippen LogP contribution < -0.4 is 0 Å². The molecule has 2 heterocycles. The molecule has 8 nitrogen and oxygen atoms in total. The van der Waals surface area contributed by atoms with E-state index in [-0.39, 0.29) is 10.5 Å². The molecule has 96 valence electrons. The minimum atomic E-state index is -0.471. The first kappa shape index (κ1) is 12.9. The summed E-state index contributed by atoms with van der Waals surface area (Å²) in [6, 6.07) is 0. The van der Waals surface area contributed by atoms with Gasteiger partial charge in [0.05, 0.1) is 10.5 Å². The van der Waals surface area contributed by atoms with Gasteiger partial charge < -0.3 is 0 Å². The fraction of sp³-hybridized carbons (Fsp3) is 0.500. The summed E-state index contributed by atoms with van der Waals surface area (Å²) >= 11 is 2.15. The van der Waals surface area contributed by atoms with E-state index in [1.165, 1.54) is 11.0 Å². The van der Waals surface area contributed by atoms with Crippen molar-refractivity contribution in [3.8, 4) is 0 Å². The van der Waals surface area contributed by atoms with Gasteiger partial charge in [-0.1, -0.05) is 0 Å². The molecule has 2 aromatic rings. The van der Waals surface area contributed by atoms with Crippen molar-refractivity contribution < 1.29 is 4.92 Å². The van der Waals surface area contributed by atoms with E-state index in [0.717, 1.165) is 23.1 Å². The van der Waals surface area contributed by atoms with Gasteiger partial charge in [-0.2, -0.15) is 4.80 Å². The standard InChI is InChI=1S/C8H10N6O2S2/c1-8(2,3)14-11-6(10-12-14)18-7-9-4-5(17-7)13(15)16/h4H,1-3H3. The molecule has 0 saturated heterocycles. The molecular formula is C8H10N6O2S2. The van der Waals surface area contributed by atoms with E-state index in [2.05, 4.69) is 20.4 Å². The van der Waals surface area contributed by atoms with Crippen LogP contribution in [0.4, 0.5) is 5.00 Å². The highest BCUT2D eigenvalue weighted by Gasteiger charge is 2.19. The Bertz CT molecular complexity index is 572. The predicted molar refractivity (Wildman–Crippen MR) is 65.7 cm³/mol. The third-order valence-corrected chi connectivity index (χ3v) is 3.70. The molecule has 0 amide bonds. The lowest BCUT2D eigenvalue weighted by Gasteiger charge is -2.15. The van der Waals surface area contributed by atoms with Crippen LogP contribution in [0, 0.1) is 10.1 Å². The lowest BCUT2D eigenvalue weighted by atomic mass is 10.1. The van der Waals surface area contributed by atoms with Gasteiger partial charge in [0.1, 0.15) is 6.20 Å². The van der Waals surface area contributed by atoms with Crippen molar-refractivity contribution in [1.29, 1.82) is 0 Å². The second kappa shape index (κ2) is 4.61. The maximum Gasteiger partial charge on any atom is 0.344 e. The van der Waals surface area contributed by atoms with Gasteiger partial charge in [-0.3, -0.25) is 10.1 Å². The summed E-state index contributed by atoms with van der Waals surface area (Å²) in [4.78, 5) is 15.5. The molecular weight excluding hydrogens is 276 g/mol. The second-order valence-electron chi connectivity index (χ2n) is 4.36. The van der Waals surface area contributed by atoms with Gasteiger partial charge >= 0.3 is 5.00 Å². The van der Waals surface area contributed by atoms with Crippen molar-refractivity contribution in [3.63, 3.8) is 0 Å². The number of hydrogen-bond donors (Lipinski definition) is 0. The SMILES string of the molecule is CC(C)(C)n1nnc(Sc2ncc([N+](=O)[O-])s2)n1. The number of aromatic nitrogens is 5. The van der Waals surface area contributed by atoms with Crippen LogP contribution >= 0.6 is 23.1 Å². The normalized spacial score (nSPS) is 11.7. The van der Waals surface area contributed by atoms with Gasteiger partial charge in [0.15, 0.2) is 4.34 Å². The Hall–Kier alpha value is -1.55. The number of nitrogens with zero attached hydrogens (tertiary/aromatic N) is 6. The summed E-state index contributed by atoms with van der Waals surface area (Å²) in [5, 5.41) is 22.9. The molecule has 0 spiro atoms. The largest absolute Gasteiger partial charge is 0.344 e. The zero-order chi connectivity index (χ0) is 13.3. The Balaban J connectivity index is 2.14. The molecule has 0 aromatic carbocycles. The van der Waals surface area contributed by atoms with Crippen molar-refractivity contribution in [1.82, 2.24) is 25.2 Å². The molecule has 0 aliphatic heterocycles. The molecule has 2 rings (SSSR count). The molecule has 0 aliphatic carbocycles. The Morgan fingerprint density at radius 1 is 1.50 bits per heavy atom. The molecule has 0 aliphatic rings. The maximum absolute atomic E-state index is 10.5. The van der Waals surface area contributed by atoms with Crippen LogP contribution in [-0.4, -0.2) is 30.1 Å². The minimum Gasteiger partial charge on any atom is -0.257 e. The fourth-order valence-electron chi connectivity index (χ4n) is 0.986. The monoisotopic (exact) mass is 286 g/mol. The van der Waals surface area contributed by atoms with Crippen molar-refractivity contribution in [2.75, 3.05) is 0 Å². The molecule has 0 unspecified atom stereocenters.